The maximum absolute atomic E-state index is 13.0. The van der Waals surface area contributed by atoms with Crippen LogP contribution in [-0.2, 0) is 0 Å². The summed E-state index contributed by atoms with van der Waals surface area (Å²) in [6, 6.07) is 9.59. The summed E-state index contributed by atoms with van der Waals surface area (Å²) in [5.74, 6) is 1.56. The van der Waals surface area contributed by atoms with Crippen LogP contribution in [0.5, 0.6) is 5.75 Å². The minimum absolute atomic E-state index is 0.0176. The Morgan fingerprint density at radius 2 is 1.97 bits per heavy atom. The van der Waals surface area contributed by atoms with Gasteiger partial charge >= 0.3 is 0 Å². The first-order chi connectivity index (χ1) is 14.2. The lowest BCUT2D eigenvalue weighted by Crippen LogP contribution is -2.31. The van der Waals surface area contributed by atoms with E-state index < -0.39 is 0 Å². The van der Waals surface area contributed by atoms with E-state index in [1.54, 1.807) is 24.2 Å². The van der Waals surface area contributed by atoms with Crippen molar-refractivity contribution in [2.45, 2.75) is 32.6 Å². The van der Waals surface area contributed by atoms with Gasteiger partial charge in [0.2, 0.25) is 0 Å². The minimum Gasteiger partial charge on any atom is -0.496 e. The number of carbonyl (C=O) groups excluding carboxylic acids is 1. The van der Waals surface area contributed by atoms with E-state index in [1.807, 2.05) is 49.1 Å². The van der Waals surface area contributed by atoms with Crippen molar-refractivity contribution in [1.82, 2.24) is 24.6 Å². The van der Waals surface area contributed by atoms with Crippen LogP contribution < -0.4 is 4.74 Å². The second-order valence-corrected chi connectivity index (χ2v) is 7.05. The first kappa shape index (κ1) is 19.1. The third-order valence-electron chi connectivity index (χ3n) is 5.27. The number of rotatable bonds is 7. The molecule has 7 nitrogen and oxygen atoms in total. The van der Waals surface area contributed by atoms with Gasteiger partial charge in [-0.2, -0.15) is 5.10 Å². The van der Waals surface area contributed by atoms with Crippen LogP contribution in [0, 0.1) is 0 Å². The third kappa shape index (κ3) is 3.60. The summed E-state index contributed by atoms with van der Waals surface area (Å²) < 4.78 is 7.20. The van der Waals surface area contributed by atoms with E-state index in [1.165, 1.54) is 0 Å². The fraction of sp³-hybridized carbons (Fsp3) is 0.364. The molecule has 0 aliphatic heterocycles. The van der Waals surface area contributed by atoms with Crippen LogP contribution in [0.25, 0.3) is 17.2 Å². The molecule has 1 aromatic carbocycles. The molecule has 1 aliphatic rings. The van der Waals surface area contributed by atoms with E-state index in [0.29, 0.717) is 30.5 Å². The second-order valence-electron chi connectivity index (χ2n) is 7.05. The van der Waals surface area contributed by atoms with Gasteiger partial charge in [0.05, 0.1) is 30.3 Å². The standard InChI is InChI=1S/C22H25N5O2/c1-4-26(5-2)21(28)17-14-24-27(20(17)15-10-11-15)22-23-13-12-18(25-22)16-8-6-7-9-19(16)29-3/h6-9,12-15H,4-5,10-11H2,1-3H3. The van der Waals surface area contributed by atoms with Gasteiger partial charge in [-0.15, -0.1) is 0 Å². The molecule has 0 atom stereocenters. The number of para-hydroxylation sites is 1. The molecule has 0 unspecified atom stereocenters. The lowest BCUT2D eigenvalue weighted by Gasteiger charge is -2.18. The number of hydrogen-bond acceptors (Lipinski definition) is 5. The van der Waals surface area contributed by atoms with Crippen molar-refractivity contribution in [1.29, 1.82) is 0 Å². The molecule has 0 spiro atoms. The highest BCUT2D eigenvalue weighted by Gasteiger charge is 2.34. The summed E-state index contributed by atoms with van der Waals surface area (Å²) >= 11 is 0. The monoisotopic (exact) mass is 391 g/mol. The Balaban J connectivity index is 1.77. The van der Waals surface area contributed by atoms with Gasteiger partial charge < -0.3 is 9.64 Å². The molecule has 2 heterocycles. The Morgan fingerprint density at radius 1 is 1.21 bits per heavy atom. The van der Waals surface area contributed by atoms with Crippen LogP contribution in [0.1, 0.15) is 48.7 Å². The highest BCUT2D eigenvalue weighted by molar-refractivity contribution is 5.95. The summed E-state index contributed by atoms with van der Waals surface area (Å²) in [5, 5.41) is 4.51. The summed E-state index contributed by atoms with van der Waals surface area (Å²) in [4.78, 5) is 24.0. The summed E-state index contributed by atoms with van der Waals surface area (Å²) in [6.45, 7) is 5.32. The van der Waals surface area contributed by atoms with Gasteiger partial charge in [-0.3, -0.25) is 4.79 Å². The van der Waals surface area contributed by atoms with Gasteiger partial charge in [0, 0.05) is 30.8 Å². The molecule has 7 heteroatoms. The lowest BCUT2D eigenvalue weighted by molar-refractivity contribution is 0.0771. The van der Waals surface area contributed by atoms with Gasteiger partial charge in [0.25, 0.3) is 11.9 Å². The molecule has 4 rings (SSSR count). The largest absolute Gasteiger partial charge is 0.496 e. The zero-order chi connectivity index (χ0) is 20.4. The van der Waals surface area contributed by atoms with Crippen LogP contribution in [0.2, 0.25) is 0 Å². The number of methoxy groups -OCH3 is 1. The Bertz CT molecular complexity index is 1020. The smallest absolute Gasteiger partial charge is 0.257 e. The fourth-order valence-electron chi connectivity index (χ4n) is 3.57. The Kier molecular flexibility index (Phi) is 5.29. The Morgan fingerprint density at radius 3 is 2.66 bits per heavy atom. The first-order valence-corrected chi connectivity index (χ1v) is 10.0. The molecule has 0 radical (unpaired) electrons. The molecule has 1 amide bonds. The van der Waals surface area contributed by atoms with E-state index in [4.69, 9.17) is 9.72 Å². The molecule has 1 saturated carbocycles. The van der Waals surface area contributed by atoms with Gasteiger partial charge in [0.15, 0.2) is 0 Å². The molecule has 0 saturated heterocycles. The van der Waals surface area contributed by atoms with Crippen molar-refractivity contribution in [3.63, 3.8) is 0 Å². The van der Waals surface area contributed by atoms with Crippen LogP contribution in [0.15, 0.2) is 42.7 Å². The average molecular weight is 391 g/mol. The van der Waals surface area contributed by atoms with Gasteiger partial charge in [-0.25, -0.2) is 14.6 Å². The van der Waals surface area contributed by atoms with E-state index in [-0.39, 0.29) is 5.91 Å². The molecule has 0 bridgehead atoms. The van der Waals surface area contributed by atoms with Crippen molar-refractivity contribution in [3.05, 3.63) is 54.0 Å². The minimum atomic E-state index is 0.0176. The van der Waals surface area contributed by atoms with E-state index in [2.05, 4.69) is 10.1 Å². The number of hydrogen-bond donors (Lipinski definition) is 0. The Hall–Kier alpha value is -3.22. The van der Waals surface area contributed by atoms with Crippen molar-refractivity contribution in [3.8, 4) is 23.0 Å². The number of nitrogens with zero attached hydrogens (tertiary/aromatic N) is 5. The number of aromatic nitrogens is 4. The summed E-state index contributed by atoms with van der Waals surface area (Å²) in [6.07, 6.45) is 5.48. The first-order valence-electron chi connectivity index (χ1n) is 10.0. The highest BCUT2D eigenvalue weighted by atomic mass is 16.5. The molecule has 3 aromatic rings. The molecule has 2 aromatic heterocycles. The maximum Gasteiger partial charge on any atom is 0.257 e. The SMILES string of the molecule is CCN(CC)C(=O)c1cnn(-c2nccc(-c3ccccc3OC)n2)c1C1CC1. The Labute approximate surface area is 170 Å². The zero-order valence-corrected chi connectivity index (χ0v) is 17.0. The van der Waals surface area contributed by atoms with E-state index >= 15 is 0 Å². The summed E-state index contributed by atoms with van der Waals surface area (Å²) in [7, 11) is 1.64. The number of amides is 1. The number of carbonyl (C=O) groups is 1. The van der Waals surface area contributed by atoms with E-state index in [0.717, 1.165) is 35.5 Å². The van der Waals surface area contributed by atoms with Gasteiger partial charge in [-0.05, 0) is 44.9 Å². The topological polar surface area (TPSA) is 73.1 Å². The molecule has 1 fully saturated rings. The predicted molar refractivity (Wildman–Crippen MR) is 110 cm³/mol. The quantitative estimate of drug-likeness (QED) is 0.614. The van der Waals surface area contributed by atoms with Crippen molar-refractivity contribution in [2.75, 3.05) is 20.2 Å². The van der Waals surface area contributed by atoms with Gasteiger partial charge in [0.1, 0.15) is 5.75 Å². The van der Waals surface area contributed by atoms with Crippen molar-refractivity contribution < 1.29 is 9.53 Å². The number of benzene rings is 1. The normalized spacial score (nSPS) is 13.3. The average Bonchev–Trinajstić information content (AvgIpc) is 3.52. The van der Waals surface area contributed by atoms with E-state index in [9.17, 15) is 4.79 Å². The highest BCUT2D eigenvalue weighted by Crippen LogP contribution is 2.42. The van der Waals surface area contributed by atoms with Crippen LogP contribution in [-0.4, -0.2) is 50.8 Å². The zero-order valence-electron chi connectivity index (χ0n) is 17.0. The third-order valence-corrected chi connectivity index (χ3v) is 5.27. The lowest BCUT2D eigenvalue weighted by atomic mass is 10.1. The van der Waals surface area contributed by atoms with Crippen molar-refractivity contribution >= 4 is 5.91 Å². The molecule has 29 heavy (non-hydrogen) atoms. The predicted octanol–water partition coefficient (Wildman–Crippen LogP) is 3.70. The van der Waals surface area contributed by atoms with Crippen molar-refractivity contribution in [2.24, 2.45) is 0 Å². The molecule has 0 N–H and O–H groups in total. The molecular formula is C22H25N5O2. The fourth-order valence-corrected chi connectivity index (χ4v) is 3.57. The van der Waals surface area contributed by atoms with Crippen LogP contribution in [0.3, 0.4) is 0 Å². The number of ether oxygens (including phenoxy) is 1. The molecule has 150 valence electrons. The molecular weight excluding hydrogens is 366 g/mol. The molecule has 1 aliphatic carbocycles. The maximum atomic E-state index is 13.0. The summed E-state index contributed by atoms with van der Waals surface area (Å²) in [5.41, 5.74) is 3.21. The van der Waals surface area contributed by atoms with Crippen LogP contribution in [0.4, 0.5) is 0 Å². The van der Waals surface area contributed by atoms with Crippen LogP contribution >= 0.6 is 0 Å². The van der Waals surface area contributed by atoms with Gasteiger partial charge in [-0.1, -0.05) is 12.1 Å². The second kappa shape index (κ2) is 8.03.